The largest absolute Gasteiger partial charge is 0.477 e. The van der Waals surface area contributed by atoms with Gasteiger partial charge in [-0.05, 0) is 33.6 Å². The second-order valence-electron chi connectivity index (χ2n) is 7.05. The van der Waals surface area contributed by atoms with E-state index in [0.29, 0.717) is 13.1 Å². The number of likely N-dealkylation sites (tertiary alicyclic amines) is 1. The molecule has 0 atom stereocenters. The Hall–Kier alpha value is -2.42. The number of carbonyl (C=O) groups is 3. The van der Waals surface area contributed by atoms with Crippen molar-refractivity contribution in [3.05, 3.63) is 28.4 Å². The van der Waals surface area contributed by atoms with Crippen molar-refractivity contribution in [1.82, 2.24) is 15.2 Å². The van der Waals surface area contributed by atoms with Crippen LogP contribution in [0.5, 0.6) is 0 Å². The van der Waals surface area contributed by atoms with Gasteiger partial charge in [0.05, 0.1) is 5.01 Å². The van der Waals surface area contributed by atoms with Gasteiger partial charge in [-0.2, -0.15) is 0 Å². The Bertz CT molecular complexity index is 714. The van der Waals surface area contributed by atoms with Gasteiger partial charge < -0.3 is 20.1 Å². The summed E-state index contributed by atoms with van der Waals surface area (Å²) >= 11 is 1.36. The Morgan fingerprint density at radius 2 is 1.96 bits per heavy atom. The zero-order chi connectivity index (χ0) is 19.5. The van der Waals surface area contributed by atoms with E-state index in [1.807, 2.05) is 20.8 Å². The molecule has 0 bridgehead atoms. The van der Waals surface area contributed by atoms with Gasteiger partial charge in [0.25, 0.3) is 5.91 Å². The van der Waals surface area contributed by atoms with Gasteiger partial charge in [-0.25, -0.2) is 14.6 Å². The fourth-order valence-electron chi connectivity index (χ4n) is 2.47. The molecule has 9 heteroatoms. The third-order valence-electron chi connectivity index (χ3n) is 3.77. The third kappa shape index (κ3) is 5.29. The summed E-state index contributed by atoms with van der Waals surface area (Å²) in [4.78, 5) is 40.8. The number of hydrogen-bond donors (Lipinski definition) is 2. The third-order valence-corrected chi connectivity index (χ3v) is 4.78. The monoisotopic (exact) mass is 381 g/mol. The summed E-state index contributed by atoms with van der Waals surface area (Å²) in [5.74, 6) is -1.72. The topological polar surface area (TPSA) is 109 Å². The van der Waals surface area contributed by atoms with E-state index in [1.54, 1.807) is 10.3 Å². The first-order valence-corrected chi connectivity index (χ1v) is 9.11. The van der Waals surface area contributed by atoms with Crippen LogP contribution in [0.15, 0.2) is 17.7 Å². The normalized spacial score (nSPS) is 15.4. The van der Waals surface area contributed by atoms with E-state index in [9.17, 15) is 14.4 Å². The summed E-state index contributed by atoms with van der Waals surface area (Å²) < 4.78 is 5.37. The molecule has 0 unspecified atom stereocenters. The van der Waals surface area contributed by atoms with Gasteiger partial charge in [0.15, 0.2) is 0 Å². The standard InChI is InChI=1S/C17H23N3O5S/c1-10(15(22)23)18-13(21)12-9-26-14(19-12)11-5-7-20(8-6-11)16(24)25-17(2,3)4/h9,11H,1,5-8H2,2-4H3,(H,18,21)(H,22,23). The summed E-state index contributed by atoms with van der Waals surface area (Å²) in [6.07, 6.45) is 1.15. The summed E-state index contributed by atoms with van der Waals surface area (Å²) in [5, 5.41) is 13.4. The van der Waals surface area contributed by atoms with Crippen LogP contribution in [-0.4, -0.2) is 51.7 Å². The van der Waals surface area contributed by atoms with Gasteiger partial charge in [0.1, 0.15) is 17.0 Å². The van der Waals surface area contributed by atoms with Crippen LogP contribution in [0, 0.1) is 0 Å². The highest BCUT2D eigenvalue weighted by molar-refractivity contribution is 7.09. The van der Waals surface area contributed by atoms with Crippen molar-refractivity contribution in [2.24, 2.45) is 0 Å². The first-order valence-electron chi connectivity index (χ1n) is 8.23. The molecule has 1 aliphatic heterocycles. The number of aliphatic carboxylic acids is 1. The highest BCUT2D eigenvalue weighted by atomic mass is 32.1. The molecule has 0 aliphatic carbocycles. The van der Waals surface area contributed by atoms with E-state index in [1.165, 1.54) is 11.3 Å². The van der Waals surface area contributed by atoms with Gasteiger partial charge in [-0.15, -0.1) is 11.3 Å². The molecule has 0 spiro atoms. The van der Waals surface area contributed by atoms with Crippen molar-refractivity contribution in [2.45, 2.75) is 45.1 Å². The number of aromatic nitrogens is 1. The molecule has 0 saturated carbocycles. The molecule has 2 amide bonds. The van der Waals surface area contributed by atoms with Crippen LogP contribution in [0.2, 0.25) is 0 Å². The predicted molar refractivity (Wildman–Crippen MR) is 96.1 cm³/mol. The highest BCUT2D eigenvalue weighted by Crippen LogP contribution is 2.30. The van der Waals surface area contributed by atoms with E-state index in [0.717, 1.165) is 17.8 Å². The number of carboxylic acids is 1. The Kier molecular flexibility index (Phi) is 6.01. The van der Waals surface area contributed by atoms with Crippen molar-refractivity contribution in [3.8, 4) is 0 Å². The molecular formula is C17H23N3O5S. The lowest BCUT2D eigenvalue weighted by Gasteiger charge is -2.32. The number of nitrogens with one attached hydrogen (secondary N) is 1. The minimum Gasteiger partial charge on any atom is -0.477 e. The second kappa shape index (κ2) is 7.86. The molecule has 1 fully saturated rings. The van der Waals surface area contributed by atoms with Crippen LogP contribution < -0.4 is 5.32 Å². The number of amides is 2. The molecule has 1 aliphatic rings. The van der Waals surface area contributed by atoms with Crippen molar-refractivity contribution in [2.75, 3.05) is 13.1 Å². The molecule has 2 rings (SSSR count). The first kappa shape index (κ1) is 19.9. The molecule has 2 N–H and O–H groups in total. The molecule has 26 heavy (non-hydrogen) atoms. The summed E-state index contributed by atoms with van der Waals surface area (Å²) in [6, 6.07) is 0. The Morgan fingerprint density at radius 1 is 1.35 bits per heavy atom. The van der Waals surface area contributed by atoms with E-state index in [-0.39, 0.29) is 17.7 Å². The number of carbonyl (C=O) groups excluding carboxylic acids is 2. The maximum Gasteiger partial charge on any atom is 0.410 e. The highest BCUT2D eigenvalue weighted by Gasteiger charge is 2.29. The predicted octanol–water partition coefficient (Wildman–Crippen LogP) is 2.59. The summed E-state index contributed by atoms with van der Waals surface area (Å²) in [6.45, 7) is 9.89. The molecule has 1 aromatic rings. The number of ether oxygens (including phenoxy) is 1. The quantitative estimate of drug-likeness (QED) is 0.776. The minimum absolute atomic E-state index is 0.155. The minimum atomic E-state index is -1.29. The Labute approximate surface area is 155 Å². The summed E-state index contributed by atoms with van der Waals surface area (Å²) in [5.41, 5.74) is -0.747. The lowest BCUT2D eigenvalue weighted by molar-refractivity contribution is -0.132. The number of rotatable bonds is 4. The van der Waals surface area contributed by atoms with Crippen molar-refractivity contribution in [3.63, 3.8) is 0 Å². The van der Waals surface area contributed by atoms with Crippen LogP contribution in [0.3, 0.4) is 0 Å². The molecule has 2 heterocycles. The molecular weight excluding hydrogens is 358 g/mol. The van der Waals surface area contributed by atoms with Gasteiger partial charge in [-0.1, -0.05) is 6.58 Å². The van der Waals surface area contributed by atoms with Gasteiger partial charge in [0, 0.05) is 24.4 Å². The van der Waals surface area contributed by atoms with Crippen LogP contribution in [-0.2, 0) is 9.53 Å². The Morgan fingerprint density at radius 3 is 2.50 bits per heavy atom. The van der Waals surface area contributed by atoms with Crippen molar-refractivity contribution in [1.29, 1.82) is 0 Å². The lowest BCUT2D eigenvalue weighted by atomic mass is 9.98. The lowest BCUT2D eigenvalue weighted by Crippen LogP contribution is -2.41. The molecule has 1 aromatic heterocycles. The van der Waals surface area contributed by atoms with E-state index in [2.05, 4.69) is 16.9 Å². The second-order valence-corrected chi connectivity index (χ2v) is 7.94. The van der Waals surface area contributed by atoms with Crippen molar-refractivity contribution < 1.29 is 24.2 Å². The van der Waals surface area contributed by atoms with Gasteiger partial charge in [-0.3, -0.25) is 4.79 Å². The van der Waals surface area contributed by atoms with Crippen LogP contribution in [0.4, 0.5) is 4.79 Å². The zero-order valence-electron chi connectivity index (χ0n) is 15.1. The van der Waals surface area contributed by atoms with E-state index < -0.39 is 23.2 Å². The molecule has 1 saturated heterocycles. The van der Waals surface area contributed by atoms with Crippen molar-refractivity contribution >= 4 is 29.3 Å². The SMILES string of the molecule is C=C(NC(=O)c1csc(C2CCN(C(=O)OC(C)(C)C)CC2)n1)C(=O)O. The maximum atomic E-state index is 12.1. The molecule has 142 valence electrons. The fourth-order valence-corrected chi connectivity index (χ4v) is 3.44. The number of thiazole rings is 1. The first-order chi connectivity index (χ1) is 12.1. The zero-order valence-corrected chi connectivity index (χ0v) is 15.9. The molecule has 0 radical (unpaired) electrons. The average molecular weight is 381 g/mol. The van der Waals surface area contributed by atoms with Crippen LogP contribution in [0.25, 0.3) is 0 Å². The number of carboxylic acid groups (broad SMARTS) is 1. The number of nitrogens with zero attached hydrogens (tertiary/aromatic N) is 2. The Balaban J connectivity index is 1.91. The molecule has 0 aromatic carbocycles. The smallest absolute Gasteiger partial charge is 0.410 e. The average Bonchev–Trinajstić information content (AvgIpc) is 3.03. The van der Waals surface area contributed by atoms with Crippen LogP contribution in [0.1, 0.15) is 55.0 Å². The molecule has 8 nitrogen and oxygen atoms in total. The van der Waals surface area contributed by atoms with Crippen LogP contribution >= 0.6 is 11.3 Å². The maximum absolute atomic E-state index is 12.1. The van der Waals surface area contributed by atoms with E-state index in [4.69, 9.17) is 9.84 Å². The fraction of sp³-hybridized carbons (Fsp3) is 0.529. The van der Waals surface area contributed by atoms with Gasteiger partial charge >= 0.3 is 12.1 Å². The number of hydrogen-bond acceptors (Lipinski definition) is 6. The summed E-state index contributed by atoms with van der Waals surface area (Å²) in [7, 11) is 0. The van der Waals surface area contributed by atoms with Gasteiger partial charge in [0.2, 0.25) is 0 Å². The number of piperidine rings is 1. The van der Waals surface area contributed by atoms with E-state index >= 15 is 0 Å².